The summed E-state index contributed by atoms with van der Waals surface area (Å²) < 4.78 is 0. The number of H-pyrrole nitrogens is 1. The third-order valence-corrected chi connectivity index (χ3v) is 4.76. The predicted molar refractivity (Wildman–Crippen MR) is 111 cm³/mol. The van der Waals surface area contributed by atoms with E-state index < -0.39 is 0 Å². The van der Waals surface area contributed by atoms with Crippen LogP contribution in [0.25, 0.3) is 10.9 Å². The molecule has 0 amide bonds. The lowest BCUT2D eigenvalue weighted by Crippen LogP contribution is -2.03. The van der Waals surface area contributed by atoms with Crippen molar-refractivity contribution in [3.8, 4) is 0 Å². The van der Waals surface area contributed by atoms with Crippen LogP contribution in [0.15, 0.2) is 97.7 Å². The molecule has 0 saturated heterocycles. The number of aromatic amines is 1. The first kappa shape index (κ1) is 16.2. The van der Waals surface area contributed by atoms with E-state index >= 15 is 0 Å². The van der Waals surface area contributed by atoms with Gasteiger partial charge in [0.25, 0.3) is 0 Å². The van der Waals surface area contributed by atoms with E-state index in [1.165, 1.54) is 27.6 Å². The topological polar surface area (TPSA) is 27.8 Å². The average Bonchev–Trinajstić information content (AvgIpc) is 3.12. The molecule has 4 aromatic rings. The molecule has 128 valence electrons. The van der Waals surface area contributed by atoms with Crippen molar-refractivity contribution in [1.82, 2.24) is 4.98 Å². The Bertz CT molecular complexity index is 997. The quantitative estimate of drug-likeness (QED) is 0.418. The number of hydrogen-bond acceptors (Lipinski definition) is 1. The van der Waals surface area contributed by atoms with E-state index in [4.69, 9.17) is 0 Å². The van der Waals surface area contributed by atoms with E-state index in [1.807, 2.05) is 6.08 Å². The van der Waals surface area contributed by atoms with Gasteiger partial charge in [0.2, 0.25) is 0 Å². The Balaban J connectivity index is 1.80. The van der Waals surface area contributed by atoms with Crippen molar-refractivity contribution >= 4 is 16.6 Å². The molecule has 0 spiro atoms. The molecule has 0 aliphatic heterocycles. The zero-order valence-corrected chi connectivity index (χ0v) is 14.7. The van der Waals surface area contributed by atoms with Gasteiger partial charge in [-0.3, -0.25) is 0 Å². The third-order valence-electron chi connectivity index (χ3n) is 4.76. The molecular weight excluding hydrogens is 316 g/mol. The number of aromatic nitrogens is 1. The van der Waals surface area contributed by atoms with E-state index in [1.54, 1.807) is 0 Å². The number of rotatable bonds is 6. The number of nitrogens with one attached hydrogen (secondary N) is 2. The van der Waals surface area contributed by atoms with Gasteiger partial charge in [0, 0.05) is 35.2 Å². The molecule has 0 radical (unpaired) electrons. The van der Waals surface area contributed by atoms with Crippen molar-refractivity contribution < 1.29 is 0 Å². The first-order valence-corrected chi connectivity index (χ1v) is 8.92. The molecule has 26 heavy (non-hydrogen) atoms. The fourth-order valence-corrected chi connectivity index (χ4v) is 3.51. The maximum absolute atomic E-state index is 3.76. The lowest BCUT2D eigenvalue weighted by Gasteiger charge is -2.18. The van der Waals surface area contributed by atoms with Crippen molar-refractivity contribution in [2.45, 2.75) is 5.92 Å². The molecule has 1 aromatic heterocycles. The Morgan fingerprint density at radius 1 is 0.846 bits per heavy atom. The highest BCUT2D eigenvalue weighted by molar-refractivity contribution is 5.84. The second-order valence-electron chi connectivity index (χ2n) is 6.42. The molecule has 1 atom stereocenters. The molecule has 2 nitrogen and oxygen atoms in total. The normalized spacial score (nSPS) is 12.0. The second kappa shape index (κ2) is 7.32. The summed E-state index contributed by atoms with van der Waals surface area (Å²) >= 11 is 0. The highest BCUT2D eigenvalue weighted by Crippen LogP contribution is 2.36. The number of hydrogen-bond donors (Lipinski definition) is 2. The minimum atomic E-state index is 0.195. The van der Waals surface area contributed by atoms with Gasteiger partial charge in [-0.15, -0.1) is 6.58 Å². The molecule has 2 N–H and O–H groups in total. The third kappa shape index (κ3) is 3.14. The Labute approximate surface area is 154 Å². The van der Waals surface area contributed by atoms with Crippen LogP contribution in [-0.4, -0.2) is 11.5 Å². The molecule has 3 aromatic carbocycles. The van der Waals surface area contributed by atoms with Crippen LogP contribution in [0.5, 0.6) is 0 Å². The highest BCUT2D eigenvalue weighted by atomic mass is 14.8. The molecule has 2 heteroatoms. The van der Waals surface area contributed by atoms with Gasteiger partial charge in [0.1, 0.15) is 0 Å². The summed E-state index contributed by atoms with van der Waals surface area (Å²) in [5.74, 6) is 0.195. The molecule has 0 aliphatic rings. The van der Waals surface area contributed by atoms with Crippen LogP contribution < -0.4 is 5.32 Å². The van der Waals surface area contributed by atoms with Crippen LogP contribution in [0.3, 0.4) is 0 Å². The summed E-state index contributed by atoms with van der Waals surface area (Å²) in [6, 6.07) is 27.9. The van der Waals surface area contributed by atoms with Gasteiger partial charge in [-0.1, -0.05) is 66.7 Å². The lowest BCUT2D eigenvalue weighted by atomic mass is 9.85. The smallest absolute Gasteiger partial charge is 0.0457 e. The maximum Gasteiger partial charge on any atom is 0.0457 e. The van der Waals surface area contributed by atoms with Crippen molar-refractivity contribution in [2.75, 3.05) is 11.9 Å². The van der Waals surface area contributed by atoms with Crippen LogP contribution in [-0.2, 0) is 0 Å². The molecule has 4 rings (SSSR count). The summed E-state index contributed by atoms with van der Waals surface area (Å²) in [4.78, 5) is 3.42. The lowest BCUT2D eigenvalue weighted by molar-refractivity contribution is 0.987. The number of fused-ring (bicyclic) bond motifs is 1. The van der Waals surface area contributed by atoms with Crippen molar-refractivity contribution in [3.63, 3.8) is 0 Å². The molecule has 0 fully saturated rings. The Morgan fingerprint density at radius 2 is 1.54 bits per heavy atom. The molecule has 1 heterocycles. The molecule has 0 saturated carbocycles. The number of para-hydroxylation sites is 1. The van der Waals surface area contributed by atoms with E-state index in [9.17, 15) is 0 Å². The van der Waals surface area contributed by atoms with E-state index in [0.717, 1.165) is 12.2 Å². The largest absolute Gasteiger partial charge is 0.382 e. The van der Waals surface area contributed by atoms with Crippen molar-refractivity contribution in [1.29, 1.82) is 0 Å². The zero-order valence-electron chi connectivity index (χ0n) is 14.7. The summed E-state index contributed by atoms with van der Waals surface area (Å²) in [5.41, 5.74) is 6.17. The summed E-state index contributed by atoms with van der Waals surface area (Å²) in [6.07, 6.45) is 4.01. The fraction of sp³-hybridized carbons (Fsp3) is 0.0833. The first-order chi connectivity index (χ1) is 12.9. The fourth-order valence-electron chi connectivity index (χ4n) is 3.51. The standard InChI is InChI=1S/C24H22N2/c1-2-16-25-20-14-12-19(13-15-20)24(18-8-4-3-5-9-18)22-17-26-23-11-7-6-10-21(22)23/h2-15,17,24-26H,1,16H2. The summed E-state index contributed by atoms with van der Waals surface area (Å²) in [5, 5.41) is 4.61. The van der Waals surface area contributed by atoms with Crippen LogP contribution in [0.2, 0.25) is 0 Å². The predicted octanol–water partition coefficient (Wildman–Crippen LogP) is 5.95. The maximum atomic E-state index is 3.76. The molecular formula is C24H22N2. The Morgan fingerprint density at radius 3 is 2.31 bits per heavy atom. The Hall–Kier alpha value is -3.26. The molecule has 1 unspecified atom stereocenters. The highest BCUT2D eigenvalue weighted by Gasteiger charge is 2.19. The summed E-state index contributed by atoms with van der Waals surface area (Å²) in [7, 11) is 0. The van der Waals surface area contributed by atoms with E-state index in [2.05, 4.69) is 102 Å². The van der Waals surface area contributed by atoms with E-state index in [-0.39, 0.29) is 5.92 Å². The Kier molecular flexibility index (Phi) is 4.57. The van der Waals surface area contributed by atoms with Crippen LogP contribution in [0.4, 0.5) is 5.69 Å². The number of anilines is 1. The van der Waals surface area contributed by atoms with Gasteiger partial charge in [-0.2, -0.15) is 0 Å². The average molecular weight is 338 g/mol. The second-order valence-corrected chi connectivity index (χ2v) is 6.42. The van der Waals surface area contributed by atoms with Crippen LogP contribution in [0, 0.1) is 0 Å². The number of benzene rings is 3. The molecule has 0 bridgehead atoms. The van der Waals surface area contributed by atoms with E-state index in [0.29, 0.717) is 0 Å². The monoisotopic (exact) mass is 338 g/mol. The van der Waals surface area contributed by atoms with Crippen LogP contribution in [0.1, 0.15) is 22.6 Å². The minimum absolute atomic E-state index is 0.195. The van der Waals surface area contributed by atoms with Gasteiger partial charge < -0.3 is 10.3 Å². The van der Waals surface area contributed by atoms with Crippen LogP contribution >= 0.6 is 0 Å². The van der Waals surface area contributed by atoms with Gasteiger partial charge in [-0.25, -0.2) is 0 Å². The van der Waals surface area contributed by atoms with Gasteiger partial charge in [0.15, 0.2) is 0 Å². The SMILES string of the molecule is C=CCNc1ccc(C(c2ccccc2)c2c[nH]c3ccccc23)cc1. The first-order valence-electron chi connectivity index (χ1n) is 8.92. The van der Waals surface area contributed by atoms with Gasteiger partial charge >= 0.3 is 0 Å². The van der Waals surface area contributed by atoms with Crippen molar-refractivity contribution in [2.24, 2.45) is 0 Å². The molecule has 0 aliphatic carbocycles. The van der Waals surface area contributed by atoms with Gasteiger partial charge in [-0.05, 0) is 34.9 Å². The van der Waals surface area contributed by atoms with Gasteiger partial charge in [0.05, 0.1) is 0 Å². The van der Waals surface area contributed by atoms with Crippen molar-refractivity contribution in [3.05, 3.63) is 114 Å². The minimum Gasteiger partial charge on any atom is -0.382 e. The summed E-state index contributed by atoms with van der Waals surface area (Å²) in [6.45, 7) is 4.53. The zero-order chi connectivity index (χ0) is 17.8.